The van der Waals surface area contributed by atoms with Crippen molar-refractivity contribution >= 4 is 32.6 Å². The summed E-state index contributed by atoms with van der Waals surface area (Å²) in [5.41, 5.74) is 0.771. The van der Waals surface area contributed by atoms with E-state index in [2.05, 4.69) is 15.3 Å². The molecule has 118 valence electrons. The summed E-state index contributed by atoms with van der Waals surface area (Å²) in [6.45, 7) is 1.91. The van der Waals surface area contributed by atoms with Gasteiger partial charge in [0.1, 0.15) is 5.69 Å². The Morgan fingerprint density at radius 1 is 1.22 bits per heavy atom. The third-order valence-corrected chi connectivity index (χ3v) is 4.09. The predicted molar refractivity (Wildman–Crippen MR) is 81.5 cm³/mol. The number of aryl methyl sites for hydroxylation is 1. The summed E-state index contributed by atoms with van der Waals surface area (Å²) in [7, 11) is 0. The van der Waals surface area contributed by atoms with E-state index in [-0.39, 0.29) is 5.56 Å². The minimum absolute atomic E-state index is 0.0361. The van der Waals surface area contributed by atoms with Crippen molar-refractivity contribution in [2.24, 2.45) is 0 Å². The Balaban J connectivity index is 1.81. The van der Waals surface area contributed by atoms with Gasteiger partial charge < -0.3 is 0 Å². The van der Waals surface area contributed by atoms with Crippen LogP contribution in [-0.4, -0.2) is 15.9 Å². The van der Waals surface area contributed by atoms with E-state index in [1.807, 2.05) is 25.1 Å². The van der Waals surface area contributed by atoms with Gasteiger partial charge >= 0.3 is 6.18 Å². The lowest BCUT2D eigenvalue weighted by Gasteiger charge is -2.06. The SMILES string of the molecule is Cc1cccc2sc(NC(=O)c3ccc(C(F)(F)F)nc3)nc12. The number of carbonyl (C=O) groups is 1. The van der Waals surface area contributed by atoms with Crippen molar-refractivity contribution in [2.45, 2.75) is 13.1 Å². The number of thiazole rings is 1. The van der Waals surface area contributed by atoms with Gasteiger partial charge in [-0.2, -0.15) is 13.2 Å². The van der Waals surface area contributed by atoms with Crippen LogP contribution in [0.1, 0.15) is 21.6 Å². The molecule has 8 heteroatoms. The molecule has 1 aromatic carbocycles. The Bertz CT molecular complexity index is 872. The molecule has 0 unspecified atom stereocenters. The third kappa shape index (κ3) is 3.16. The molecule has 1 N–H and O–H groups in total. The quantitative estimate of drug-likeness (QED) is 0.760. The van der Waals surface area contributed by atoms with Gasteiger partial charge in [0.15, 0.2) is 5.13 Å². The highest BCUT2D eigenvalue weighted by atomic mass is 32.1. The molecular weight excluding hydrogens is 327 g/mol. The van der Waals surface area contributed by atoms with Gasteiger partial charge in [-0.25, -0.2) is 4.98 Å². The molecule has 0 aliphatic rings. The van der Waals surface area contributed by atoms with E-state index in [4.69, 9.17) is 0 Å². The van der Waals surface area contributed by atoms with Gasteiger partial charge in [-0.05, 0) is 30.7 Å². The summed E-state index contributed by atoms with van der Waals surface area (Å²) in [6, 6.07) is 7.55. The average molecular weight is 337 g/mol. The van der Waals surface area contributed by atoms with Gasteiger partial charge in [0.2, 0.25) is 0 Å². The summed E-state index contributed by atoms with van der Waals surface area (Å²) in [4.78, 5) is 19.7. The van der Waals surface area contributed by atoms with E-state index in [0.29, 0.717) is 5.13 Å². The number of rotatable bonds is 2. The van der Waals surface area contributed by atoms with Gasteiger partial charge in [0, 0.05) is 6.20 Å². The lowest BCUT2D eigenvalue weighted by Crippen LogP contribution is -2.14. The van der Waals surface area contributed by atoms with Crippen LogP contribution in [-0.2, 0) is 6.18 Å². The number of alkyl halides is 3. The monoisotopic (exact) mass is 337 g/mol. The lowest BCUT2D eigenvalue weighted by molar-refractivity contribution is -0.141. The first kappa shape index (κ1) is 15.4. The lowest BCUT2D eigenvalue weighted by atomic mass is 10.2. The Morgan fingerprint density at radius 2 is 2.00 bits per heavy atom. The minimum atomic E-state index is -4.53. The van der Waals surface area contributed by atoms with E-state index < -0.39 is 17.8 Å². The number of amides is 1. The van der Waals surface area contributed by atoms with Crippen LogP contribution in [0.4, 0.5) is 18.3 Å². The molecule has 0 saturated carbocycles. The number of fused-ring (bicyclic) bond motifs is 1. The van der Waals surface area contributed by atoms with Crippen LogP contribution in [0.25, 0.3) is 10.2 Å². The number of halogens is 3. The van der Waals surface area contributed by atoms with E-state index in [9.17, 15) is 18.0 Å². The smallest absolute Gasteiger partial charge is 0.298 e. The summed E-state index contributed by atoms with van der Waals surface area (Å²) < 4.78 is 38.3. The second-order valence-electron chi connectivity index (χ2n) is 4.82. The van der Waals surface area contributed by atoms with Gasteiger partial charge in [-0.1, -0.05) is 23.5 Å². The van der Waals surface area contributed by atoms with E-state index in [1.54, 1.807) is 0 Å². The van der Waals surface area contributed by atoms with Crippen LogP contribution >= 0.6 is 11.3 Å². The number of anilines is 1. The Labute approximate surface area is 133 Å². The molecule has 1 amide bonds. The van der Waals surface area contributed by atoms with Gasteiger partial charge in [-0.3, -0.25) is 15.1 Å². The van der Waals surface area contributed by atoms with Crippen molar-refractivity contribution in [2.75, 3.05) is 5.32 Å². The van der Waals surface area contributed by atoms with Crippen LogP contribution in [0, 0.1) is 6.92 Å². The molecule has 23 heavy (non-hydrogen) atoms. The number of aromatic nitrogens is 2. The first-order valence-electron chi connectivity index (χ1n) is 6.55. The molecular formula is C15H10F3N3OS. The molecule has 0 aliphatic carbocycles. The summed E-state index contributed by atoms with van der Waals surface area (Å²) >= 11 is 1.30. The summed E-state index contributed by atoms with van der Waals surface area (Å²) in [5.74, 6) is -0.553. The fourth-order valence-electron chi connectivity index (χ4n) is 2.00. The van der Waals surface area contributed by atoms with Crippen molar-refractivity contribution in [1.82, 2.24) is 9.97 Å². The second-order valence-corrected chi connectivity index (χ2v) is 5.86. The molecule has 0 atom stereocenters. The van der Waals surface area contributed by atoms with Crippen LogP contribution in [0.15, 0.2) is 36.5 Å². The molecule has 3 aromatic rings. The van der Waals surface area contributed by atoms with E-state index in [0.717, 1.165) is 34.1 Å². The van der Waals surface area contributed by atoms with Crippen LogP contribution in [0.5, 0.6) is 0 Å². The highest BCUT2D eigenvalue weighted by Gasteiger charge is 2.32. The molecule has 0 radical (unpaired) electrons. The fourth-order valence-corrected chi connectivity index (χ4v) is 2.94. The Hall–Kier alpha value is -2.48. The normalized spacial score (nSPS) is 11.7. The first-order chi connectivity index (χ1) is 10.8. The van der Waals surface area contributed by atoms with Crippen molar-refractivity contribution < 1.29 is 18.0 Å². The molecule has 0 aliphatic heterocycles. The topological polar surface area (TPSA) is 54.9 Å². The maximum absolute atomic E-state index is 12.5. The zero-order valence-electron chi connectivity index (χ0n) is 11.8. The van der Waals surface area contributed by atoms with Gasteiger partial charge in [0.05, 0.1) is 15.8 Å². The minimum Gasteiger partial charge on any atom is -0.298 e. The predicted octanol–water partition coefficient (Wildman–Crippen LogP) is 4.27. The average Bonchev–Trinajstić information content (AvgIpc) is 2.90. The van der Waals surface area contributed by atoms with Gasteiger partial charge in [-0.15, -0.1) is 0 Å². The standard InChI is InChI=1S/C15H10F3N3OS/c1-8-3-2-4-10-12(8)20-14(23-10)21-13(22)9-5-6-11(19-7-9)15(16,17)18/h2-7H,1H3,(H,20,21,22). The number of carbonyl (C=O) groups excluding carboxylic acids is 1. The molecule has 0 fully saturated rings. The second kappa shape index (κ2) is 5.62. The number of benzene rings is 1. The Kier molecular flexibility index (Phi) is 3.77. The number of nitrogens with zero attached hydrogens (tertiary/aromatic N) is 2. The number of para-hydroxylation sites is 1. The summed E-state index contributed by atoms with van der Waals surface area (Å²) in [5, 5.41) is 2.97. The van der Waals surface area contributed by atoms with E-state index in [1.165, 1.54) is 11.3 Å². The molecule has 2 heterocycles. The van der Waals surface area contributed by atoms with Crippen molar-refractivity contribution in [1.29, 1.82) is 0 Å². The molecule has 0 bridgehead atoms. The van der Waals surface area contributed by atoms with Crippen LogP contribution in [0.3, 0.4) is 0 Å². The maximum Gasteiger partial charge on any atom is 0.433 e. The molecule has 3 rings (SSSR count). The third-order valence-electron chi connectivity index (χ3n) is 3.16. The van der Waals surface area contributed by atoms with Gasteiger partial charge in [0.25, 0.3) is 5.91 Å². The van der Waals surface area contributed by atoms with Crippen LogP contribution in [0.2, 0.25) is 0 Å². The van der Waals surface area contributed by atoms with Crippen molar-refractivity contribution in [3.8, 4) is 0 Å². The highest BCUT2D eigenvalue weighted by Crippen LogP contribution is 2.29. The molecule has 2 aromatic heterocycles. The fraction of sp³-hybridized carbons (Fsp3) is 0.133. The van der Waals surface area contributed by atoms with Crippen molar-refractivity contribution in [3.05, 3.63) is 53.3 Å². The summed E-state index contributed by atoms with van der Waals surface area (Å²) in [6.07, 6.45) is -3.63. The Morgan fingerprint density at radius 3 is 2.61 bits per heavy atom. The molecule has 0 saturated heterocycles. The van der Waals surface area contributed by atoms with E-state index >= 15 is 0 Å². The molecule has 0 spiro atoms. The van der Waals surface area contributed by atoms with Crippen molar-refractivity contribution in [3.63, 3.8) is 0 Å². The number of hydrogen-bond acceptors (Lipinski definition) is 4. The highest BCUT2D eigenvalue weighted by molar-refractivity contribution is 7.22. The number of pyridine rings is 1. The first-order valence-corrected chi connectivity index (χ1v) is 7.37. The largest absolute Gasteiger partial charge is 0.433 e. The number of nitrogens with one attached hydrogen (secondary N) is 1. The van der Waals surface area contributed by atoms with Crippen LogP contribution < -0.4 is 5.32 Å². The molecule has 4 nitrogen and oxygen atoms in total. The number of hydrogen-bond donors (Lipinski definition) is 1. The zero-order chi connectivity index (χ0) is 16.6. The zero-order valence-corrected chi connectivity index (χ0v) is 12.6. The maximum atomic E-state index is 12.5.